The first-order chi connectivity index (χ1) is 8.38. The predicted molar refractivity (Wildman–Crippen MR) is 66.4 cm³/mol. The van der Waals surface area contributed by atoms with E-state index < -0.39 is 0 Å². The summed E-state index contributed by atoms with van der Waals surface area (Å²) in [5.41, 5.74) is 0. The lowest BCUT2D eigenvalue weighted by atomic mass is 10.2. The summed E-state index contributed by atoms with van der Waals surface area (Å²) in [5.74, 6) is 0. The van der Waals surface area contributed by atoms with Gasteiger partial charge in [0.15, 0.2) is 0 Å². The zero-order valence-electron chi connectivity index (χ0n) is 10.1. The number of rotatable bonds is 6. The lowest BCUT2D eigenvalue weighted by molar-refractivity contribution is 0.0252. The Morgan fingerprint density at radius 3 is 3.00 bits per heavy atom. The highest BCUT2D eigenvalue weighted by Gasteiger charge is 2.17. The molecule has 96 valence electrons. The predicted octanol–water partition coefficient (Wildman–Crippen LogP) is 1.60. The van der Waals surface area contributed by atoms with Gasteiger partial charge in [-0.2, -0.15) is 0 Å². The summed E-state index contributed by atoms with van der Waals surface area (Å²) < 4.78 is 11.1. The average Bonchev–Trinajstić information content (AvgIpc) is 2.79. The van der Waals surface area contributed by atoms with Gasteiger partial charge in [0.1, 0.15) is 11.1 Å². The molecule has 0 atom stereocenters. The second-order valence-electron chi connectivity index (χ2n) is 4.07. The highest BCUT2D eigenvalue weighted by Crippen LogP contribution is 2.22. The molecule has 0 spiro atoms. The third kappa shape index (κ3) is 4.22. The van der Waals surface area contributed by atoms with Crippen LogP contribution in [0.25, 0.3) is 0 Å². The van der Waals surface area contributed by atoms with Gasteiger partial charge in [0.2, 0.25) is 0 Å². The van der Waals surface area contributed by atoms with E-state index in [4.69, 9.17) is 9.47 Å². The highest BCUT2D eigenvalue weighted by atomic mass is 32.1. The van der Waals surface area contributed by atoms with Gasteiger partial charge in [-0.25, -0.2) is 0 Å². The summed E-state index contributed by atoms with van der Waals surface area (Å²) in [4.78, 5) is 0. The van der Waals surface area contributed by atoms with Crippen LogP contribution in [0.4, 0.5) is 0 Å². The molecule has 1 N–H and O–H groups in total. The van der Waals surface area contributed by atoms with Crippen LogP contribution in [0.5, 0.6) is 5.19 Å². The molecule has 1 aliphatic heterocycles. The van der Waals surface area contributed by atoms with Crippen molar-refractivity contribution in [3.05, 3.63) is 5.01 Å². The van der Waals surface area contributed by atoms with Gasteiger partial charge in [-0.1, -0.05) is 23.4 Å². The van der Waals surface area contributed by atoms with Crippen molar-refractivity contribution in [2.45, 2.75) is 38.8 Å². The molecule has 0 aromatic carbocycles. The Hall–Kier alpha value is -0.720. The molecule has 1 aliphatic rings. The molecular formula is C11H19N3O2S. The smallest absolute Gasteiger partial charge is 0.294 e. The zero-order chi connectivity index (χ0) is 11.9. The highest BCUT2D eigenvalue weighted by molar-refractivity contribution is 7.13. The maximum absolute atomic E-state index is 5.78. The largest absolute Gasteiger partial charge is 0.465 e. The number of hydrogen-bond donors (Lipinski definition) is 1. The molecule has 0 aliphatic carbocycles. The van der Waals surface area contributed by atoms with E-state index in [2.05, 4.69) is 22.4 Å². The molecule has 1 aromatic heterocycles. The second-order valence-corrected chi connectivity index (χ2v) is 5.09. The van der Waals surface area contributed by atoms with Crippen LogP contribution in [0, 0.1) is 0 Å². The topological polar surface area (TPSA) is 56.3 Å². The molecule has 0 amide bonds. The molecule has 2 rings (SSSR count). The minimum absolute atomic E-state index is 0.244. The Morgan fingerprint density at radius 1 is 1.41 bits per heavy atom. The molecule has 1 aromatic rings. The molecule has 0 saturated carbocycles. The molecule has 0 unspecified atom stereocenters. The van der Waals surface area contributed by atoms with Crippen LogP contribution in [0.2, 0.25) is 0 Å². The molecule has 6 heteroatoms. The molecular weight excluding hydrogens is 238 g/mol. The van der Waals surface area contributed by atoms with Crippen LogP contribution in [0.15, 0.2) is 0 Å². The number of aromatic nitrogens is 2. The van der Waals surface area contributed by atoms with Gasteiger partial charge in [-0.05, 0) is 13.0 Å². The second kappa shape index (κ2) is 6.88. The zero-order valence-corrected chi connectivity index (χ0v) is 11.0. The number of ether oxygens (including phenoxy) is 2. The van der Waals surface area contributed by atoms with Crippen molar-refractivity contribution in [2.24, 2.45) is 0 Å². The molecule has 0 bridgehead atoms. The SMILES string of the molecule is CCCNCc1nnc(OC2CCOCC2)s1. The first-order valence-electron chi connectivity index (χ1n) is 6.16. The Bertz CT molecular complexity index is 326. The van der Waals surface area contributed by atoms with Gasteiger partial charge >= 0.3 is 0 Å². The van der Waals surface area contributed by atoms with E-state index in [1.807, 2.05) is 0 Å². The third-order valence-corrected chi connectivity index (χ3v) is 3.40. The van der Waals surface area contributed by atoms with Gasteiger partial charge < -0.3 is 14.8 Å². The van der Waals surface area contributed by atoms with Gasteiger partial charge in [0.05, 0.1) is 13.2 Å². The normalized spacial score (nSPS) is 17.2. The summed E-state index contributed by atoms with van der Waals surface area (Å²) in [5, 5.41) is 13.1. The molecule has 0 radical (unpaired) electrons. The van der Waals surface area contributed by atoms with Crippen molar-refractivity contribution >= 4 is 11.3 Å². The summed E-state index contributed by atoms with van der Waals surface area (Å²) in [6.45, 7) is 5.51. The monoisotopic (exact) mass is 257 g/mol. The van der Waals surface area contributed by atoms with E-state index in [9.17, 15) is 0 Å². The molecule has 17 heavy (non-hydrogen) atoms. The van der Waals surface area contributed by atoms with Crippen LogP contribution in [-0.4, -0.2) is 36.1 Å². The molecule has 2 heterocycles. The van der Waals surface area contributed by atoms with Crippen molar-refractivity contribution in [2.75, 3.05) is 19.8 Å². The number of hydrogen-bond acceptors (Lipinski definition) is 6. The van der Waals surface area contributed by atoms with Gasteiger partial charge in [-0.15, -0.1) is 5.10 Å². The Morgan fingerprint density at radius 2 is 2.24 bits per heavy atom. The van der Waals surface area contributed by atoms with Crippen LogP contribution < -0.4 is 10.1 Å². The lowest BCUT2D eigenvalue weighted by Crippen LogP contribution is -2.25. The van der Waals surface area contributed by atoms with Crippen LogP contribution >= 0.6 is 11.3 Å². The van der Waals surface area contributed by atoms with E-state index >= 15 is 0 Å². The minimum atomic E-state index is 0.244. The summed E-state index contributed by atoms with van der Waals surface area (Å²) >= 11 is 1.53. The quantitative estimate of drug-likeness (QED) is 0.784. The third-order valence-electron chi connectivity index (χ3n) is 2.59. The maximum Gasteiger partial charge on any atom is 0.294 e. The average molecular weight is 257 g/mol. The standard InChI is InChI=1S/C11H19N3O2S/c1-2-5-12-8-10-13-14-11(17-10)16-9-3-6-15-7-4-9/h9,12H,2-8H2,1H3. The summed E-state index contributed by atoms with van der Waals surface area (Å²) in [6, 6.07) is 0. The van der Waals surface area contributed by atoms with Crippen molar-refractivity contribution in [3.63, 3.8) is 0 Å². The Kier molecular flexibility index (Phi) is 5.15. The Labute approximate surface area is 106 Å². The minimum Gasteiger partial charge on any atom is -0.465 e. The first-order valence-corrected chi connectivity index (χ1v) is 6.97. The first kappa shape index (κ1) is 12.7. The fraction of sp³-hybridized carbons (Fsp3) is 0.818. The van der Waals surface area contributed by atoms with Crippen molar-refractivity contribution in [1.29, 1.82) is 0 Å². The van der Waals surface area contributed by atoms with Gasteiger partial charge in [0.25, 0.3) is 5.19 Å². The van der Waals surface area contributed by atoms with E-state index in [1.54, 1.807) is 0 Å². The number of nitrogens with zero attached hydrogens (tertiary/aromatic N) is 2. The fourth-order valence-corrected chi connectivity index (χ4v) is 2.39. The summed E-state index contributed by atoms with van der Waals surface area (Å²) in [6.07, 6.45) is 3.27. The lowest BCUT2D eigenvalue weighted by Gasteiger charge is -2.21. The fourth-order valence-electron chi connectivity index (χ4n) is 1.67. The molecule has 1 fully saturated rings. The maximum atomic E-state index is 5.78. The van der Waals surface area contributed by atoms with Crippen LogP contribution in [0.3, 0.4) is 0 Å². The Balaban J connectivity index is 1.76. The van der Waals surface area contributed by atoms with Crippen molar-refractivity contribution in [1.82, 2.24) is 15.5 Å². The van der Waals surface area contributed by atoms with Gasteiger partial charge in [0, 0.05) is 19.4 Å². The van der Waals surface area contributed by atoms with Crippen LogP contribution in [-0.2, 0) is 11.3 Å². The molecule has 1 saturated heterocycles. The van der Waals surface area contributed by atoms with E-state index in [-0.39, 0.29) is 6.10 Å². The van der Waals surface area contributed by atoms with Gasteiger partial charge in [-0.3, -0.25) is 0 Å². The van der Waals surface area contributed by atoms with Crippen molar-refractivity contribution < 1.29 is 9.47 Å². The molecule has 5 nitrogen and oxygen atoms in total. The van der Waals surface area contributed by atoms with E-state index in [0.717, 1.165) is 50.6 Å². The number of nitrogens with one attached hydrogen (secondary N) is 1. The van der Waals surface area contributed by atoms with E-state index in [0.29, 0.717) is 5.19 Å². The van der Waals surface area contributed by atoms with Crippen molar-refractivity contribution in [3.8, 4) is 5.19 Å². The summed E-state index contributed by atoms with van der Waals surface area (Å²) in [7, 11) is 0. The van der Waals surface area contributed by atoms with Crippen LogP contribution in [0.1, 0.15) is 31.2 Å². The van der Waals surface area contributed by atoms with E-state index in [1.165, 1.54) is 11.3 Å².